The number of aryl methyl sites for hydroxylation is 1. The molecule has 2 rings (SSSR count). The van der Waals surface area contributed by atoms with E-state index in [1.807, 2.05) is 13.0 Å². The molecule has 0 aliphatic rings. The number of benzene rings is 2. The molecule has 0 atom stereocenters. The minimum Gasteiger partial charge on any atom is -0.478 e. The van der Waals surface area contributed by atoms with Gasteiger partial charge in [-0.05, 0) is 24.6 Å². The second-order valence-electron chi connectivity index (χ2n) is 4.55. The molecule has 0 bridgehead atoms. The summed E-state index contributed by atoms with van der Waals surface area (Å²) < 4.78 is 24.7. The van der Waals surface area contributed by atoms with Gasteiger partial charge in [0.05, 0.1) is 16.2 Å². The second kappa shape index (κ2) is 5.46. The van der Waals surface area contributed by atoms with Crippen LogP contribution in [0.2, 0.25) is 0 Å². The lowest BCUT2D eigenvalue weighted by Crippen LogP contribution is -2.11. The van der Waals surface area contributed by atoms with E-state index in [9.17, 15) is 13.2 Å². The summed E-state index contributed by atoms with van der Waals surface area (Å²) in [5.41, 5.74) is 1.41. The molecule has 0 fully saturated rings. The van der Waals surface area contributed by atoms with E-state index in [1.54, 1.807) is 18.2 Å². The normalized spacial score (nSPS) is 11.2. The number of rotatable bonds is 4. The molecule has 0 spiro atoms. The summed E-state index contributed by atoms with van der Waals surface area (Å²) in [6, 6.07) is 12.8. The van der Waals surface area contributed by atoms with Crippen molar-refractivity contribution in [2.75, 3.05) is 0 Å². The van der Waals surface area contributed by atoms with Gasteiger partial charge in [-0.1, -0.05) is 42.0 Å². The van der Waals surface area contributed by atoms with E-state index in [0.717, 1.165) is 5.56 Å². The molecule has 0 saturated carbocycles. The van der Waals surface area contributed by atoms with E-state index in [2.05, 4.69) is 0 Å². The van der Waals surface area contributed by atoms with Crippen LogP contribution in [0, 0.1) is 6.92 Å². The lowest BCUT2D eigenvalue weighted by Gasteiger charge is -2.08. The Morgan fingerprint density at radius 3 is 2.45 bits per heavy atom. The van der Waals surface area contributed by atoms with Crippen LogP contribution in [0.5, 0.6) is 0 Å². The van der Waals surface area contributed by atoms with Gasteiger partial charge in [0.25, 0.3) is 0 Å². The molecule has 0 aliphatic heterocycles. The molecule has 0 aromatic heterocycles. The molecule has 0 heterocycles. The average molecular weight is 290 g/mol. The van der Waals surface area contributed by atoms with Gasteiger partial charge in [-0.15, -0.1) is 0 Å². The second-order valence-corrected chi connectivity index (χ2v) is 6.51. The Labute approximate surface area is 117 Å². The number of carboxylic acids is 1. The molecule has 4 nitrogen and oxygen atoms in total. The van der Waals surface area contributed by atoms with Crippen molar-refractivity contribution in [3.63, 3.8) is 0 Å². The van der Waals surface area contributed by atoms with Gasteiger partial charge in [0.1, 0.15) is 0 Å². The zero-order chi connectivity index (χ0) is 14.8. The Morgan fingerprint density at radius 2 is 1.80 bits per heavy atom. The molecule has 2 aromatic rings. The highest BCUT2D eigenvalue weighted by molar-refractivity contribution is 7.90. The molecule has 0 amide bonds. The Hall–Kier alpha value is -2.14. The fourth-order valence-corrected chi connectivity index (χ4v) is 3.56. The largest absolute Gasteiger partial charge is 0.478 e. The number of hydrogen-bond acceptors (Lipinski definition) is 3. The molecule has 1 N–H and O–H groups in total. The van der Waals surface area contributed by atoms with Gasteiger partial charge in [0.15, 0.2) is 9.84 Å². The van der Waals surface area contributed by atoms with E-state index in [-0.39, 0.29) is 16.2 Å². The first kappa shape index (κ1) is 14.3. The molecular formula is C15H14O4S. The van der Waals surface area contributed by atoms with Crippen LogP contribution in [0.15, 0.2) is 53.4 Å². The monoisotopic (exact) mass is 290 g/mol. The van der Waals surface area contributed by atoms with Crippen molar-refractivity contribution < 1.29 is 18.3 Å². The number of aromatic carboxylic acids is 1. The average Bonchev–Trinajstić information content (AvgIpc) is 2.38. The molecule has 104 valence electrons. The fourth-order valence-electron chi connectivity index (χ4n) is 2.01. The molecule has 0 unspecified atom stereocenters. The summed E-state index contributed by atoms with van der Waals surface area (Å²) in [7, 11) is -3.69. The molecule has 0 aliphatic carbocycles. The summed E-state index contributed by atoms with van der Waals surface area (Å²) >= 11 is 0. The summed E-state index contributed by atoms with van der Waals surface area (Å²) in [4.78, 5) is 11.0. The Kier molecular flexibility index (Phi) is 3.90. The highest BCUT2D eigenvalue weighted by Crippen LogP contribution is 2.21. The van der Waals surface area contributed by atoms with Crippen molar-refractivity contribution in [1.82, 2.24) is 0 Å². The highest BCUT2D eigenvalue weighted by Gasteiger charge is 2.22. The van der Waals surface area contributed by atoms with Gasteiger partial charge in [0.2, 0.25) is 0 Å². The van der Waals surface area contributed by atoms with Crippen LogP contribution < -0.4 is 0 Å². The van der Waals surface area contributed by atoms with Crippen LogP contribution in [-0.2, 0) is 15.6 Å². The number of carboxylic acid groups (broad SMARTS) is 1. The van der Waals surface area contributed by atoms with Crippen molar-refractivity contribution in [2.45, 2.75) is 17.6 Å². The van der Waals surface area contributed by atoms with Crippen molar-refractivity contribution in [1.29, 1.82) is 0 Å². The first-order valence-electron chi connectivity index (χ1n) is 6.01. The summed E-state index contributed by atoms with van der Waals surface area (Å²) in [5, 5.41) is 9.07. The fraction of sp³-hybridized carbons (Fsp3) is 0.133. The van der Waals surface area contributed by atoms with Gasteiger partial charge in [-0.3, -0.25) is 0 Å². The van der Waals surface area contributed by atoms with Crippen LogP contribution in [0.3, 0.4) is 0 Å². The van der Waals surface area contributed by atoms with Crippen LogP contribution in [0.1, 0.15) is 21.5 Å². The molecule has 0 radical (unpaired) electrons. The Morgan fingerprint density at radius 1 is 1.10 bits per heavy atom. The maximum absolute atomic E-state index is 12.4. The SMILES string of the molecule is Cc1cccc(CS(=O)(=O)c2ccccc2C(=O)O)c1. The van der Waals surface area contributed by atoms with E-state index in [4.69, 9.17) is 5.11 Å². The summed E-state index contributed by atoms with van der Waals surface area (Å²) in [6.45, 7) is 1.88. The highest BCUT2D eigenvalue weighted by atomic mass is 32.2. The first-order valence-corrected chi connectivity index (χ1v) is 7.66. The molecular weight excluding hydrogens is 276 g/mol. The third-order valence-corrected chi connectivity index (χ3v) is 4.63. The van der Waals surface area contributed by atoms with Gasteiger partial charge >= 0.3 is 5.97 Å². The zero-order valence-corrected chi connectivity index (χ0v) is 11.7. The molecule has 0 saturated heterocycles. The van der Waals surface area contributed by atoms with Crippen molar-refractivity contribution in [3.05, 3.63) is 65.2 Å². The number of carbonyl (C=O) groups is 1. The van der Waals surface area contributed by atoms with E-state index >= 15 is 0 Å². The summed E-state index contributed by atoms with van der Waals surface area (Å²) in [5.74, 6) is -1.45. The number of sulfone groups is 1. The van der Waals surface area contributed by atoms with Gasteiger partial charge in [-0.2, -0.15) is 0 Å². The first-order chi connectivity index (χ1) is 9.40. The molecule has 5 heteroatoms. The van der Waals surface area contributed by atoms with Crippen LogP contribution >= 0.6 is 0 Å². The maximum Gasteiger partial charge on any atom is 0.337 e. The van der Waals surface area contributed by atoms with Crippen LogP contribution in [0.25, 0.3) is 0 Å². The smallest absolute Gasteiger partial charge is 0.337 e. The Bertz CT molecular complexity index is 748. The molecule has 2 aromatic carbocycles. The van der Waals surface area contributed by atoms with Gasteiger partial charge < -0.3 is 5.11 Å². The van der Waals surface area contributed by atoms with Crippen molar-refractivity contribution in [3.8, 4) is 0 Å². The lowest BCUT2D eigenvalue weighted by atomic mass is 10.2. The topological polar surface area (TPSA) is 71.4 Å². The quantitative estimate of drug-likeness (QED) is 0.939. The maximum atomic E-state index is 12.4. The zero-order valence-electron chi connectivity index (χ0n) is 10.9. The van der Waals surface area contributed by atoms with E-state index < -0.39 is 15.8 Å². The van der Waals surface area contributed by atoms with Crippen LogP contribution in [0.4, 0.5) is 0 Å². The summed E-state index contributed by atoms with van der Waals surface area (Å²) in [6.07, 6.45) is 0. The third kappa shape index (κ3) is 3.05. The van der Waals surface area contributed by atoms with Crippen LogP contribution in [-0.4, -0.2) is 19.5 Å². The van der Waals surface area contributed by atoms with E-state index in [1.165, 1.54) is 24.3 Å². The third-order valence-electron chi connectivity index (χ3n) is 2.89. The minimum atomic E-state index is -3.69. The number of hydrogen-bond donors (Lipinski definition) is 1. The predicted molar refractivity (Wildman–Crippen MR) is 75.5 cm³/mol. The van der Waals surface area contributed by atoms with Gasteiger partial charge in [-0.25, -0.2) is 13.2 Å². The molecule has 20 heavy (non-hydrogen) atoms. The lowest BCUT2D eigenvalue weighted by molar-refractivity contribution is 0.0692. The standard InChI is InChI=1S/C15H14O4S/c1-11-5-4-6-12(9-11)10-20(18,19)14-8-3-2-7-13(14)15(16)17/h2-9H,10H2,1H3,(H,16,17). The Balaban J connectivity index is 2.44. The predicted octanol–water partition coefficient (Wildman–Crippen LogP) is 2.67. The van der Waals surface area contributed by atoms with Gasteiger partial charge in [0, 0.05) is 0 Å². The van der Waals surface area contributed by atoms with Crippen molar-refractivity contribution in [2.24, 2.45) is 0 Å². The van der Waals surface area contributed by atoms with Crippen molar-refractivity contribution >= 4 is 15.8 Å². The minimum absolute atomic E-state index is 0.144. The van der Waals surface area contributed by atoms with E-state index in [0.29, 0.717) is 5.56 Å².